The number of hydrogen-bond donors (Lipinski definition) is 3. The summed E-state index contributed by atoms with van der Waals surface area (Å²) in [6.07, 6.45) is 2.67. The Bertz CT molecular complexity index is 677. The molecule has 0 aliphatic rings. The number of hydrogen-bond acceptors (Lipinski definition) is 4. The van der Waals surface area contributed by atoms with Crippen molar-refractivity contribution in [2.24, 2.45) is 4.99 Å². The van der Waals surface area contributed by atoms with Crippen molar-refractivity contribution in [2.45, 2.75) is 25.8 Å². The number of benzene rings is 1. The third kappa shape index (κ3) is 6.04. The summed E-state index contributed by atoms with van der Waals surface area (Å²) in [6, 6.07) is 13.8. The van der Waals surface area contributed by atoms with Crippen molar-refractivity contribution >= 4 is 5.96 Å². The number of rotatable bonds is 9. The predicted octanol–water partition coefficient (Wildman–Crippen LogP) is 2.31. The normalized spacial score (nSPS) is 12.5. The zero-order chi connectivity index (χ0) is 18.6. The minimum Gasteiger partial charge on any atom is -0.477 e. The number of aliphatic hydroxyl groups is 1. The van der Waals surface area contributed by atoms with Gasteiger partial charge in [0.15, 0.2) is 5.96 Å². The zero-order valence-corrected chi connectivity index (χ0v) is 15.5. The Morgan fingerprint density at radius 2 is 2.00 bits per heavy atom. The van der Waals surface area contributed by atoms with Gasteiger partial charge < -0.3 is 20.5 Å². The van der Waals surface area contributed by atoms with Crippen LogP contribution in [0.1, 0.15) is 30.4 Å². The van der Waals surface area contributed by atoms with Crippen molar-refractivity contribution in [2.75, 3.05) is 26.8 Å². The minimum atomic E-state index is 0.0107. The number of ether oxygens (including phenoxy) is 1. The lowest BCUT2D eigenvalue weighted by molar-refractivity contribution is 0.265. The lowest BCUT2D eigenvalue weighted by Gasteiger charge is -2.18. The molecule has 0 bridgehead atoms. The Morgan fingerprint density at radius 3 is 2.69 bits per heavy atom. The first-order valence-corrected chi connectivity index (χ1v) is 8.95. The van der Waals surface area contributed by atoms with Crippen LogP contribution in [0.4, 0.5) is 0 Å². The average molecular weight is 356 g/mol. The second-order valence-electron chi connectivity index (χ2n) is 5.91. The lowest BCUT2D eigenvalue weighted by atomic mass is 10.0. The van der Waals surface area contributed by atoms with Crippen molar-refractivity contribution in [3.05, 3.63) is 59.8 Å². The van der Waals surface area contributed by atoms with Crippen LogP contribution < -0.4 is 15.4 Å². The first-order valence-electron chi connectivity index (χ1n) is 8.95. The maximum atomic E-state index is 9.67. The van der Waals surface area contributed by atoms with E-state index in [1.165, 1.54) is 0 Å². The monoisotopic (exact) mass is 356 g/mol. The molecule has 1 aromatic carbocycles. The molecule has 0 spiro atoms. The number of pyridine rings is 1. The first kappa shape index (κ1) is 19.7. The SMILES string of the molecule is CCCOc1ncccc1CNC(=NC)NCC(CO)c1ccccc1. The third-order valence-corrected chi connectivity index (χ3v) is 3.97. The Hall–Kier alpha value is -2.60. The van der Waals surface area contributed by atoms with E-state index in [1.54, 1.807) is 13.2 Å². The van der Waals surface area contributed by atoms with E-state index in [9.17, 15) is 5.11 Å². The fourth-order valence-corrected chi connectivity index (χ4v) is 2.52. The lowest BCUT2D eigenvalue weighted by Crippen LogP contribution is -2.39. The number of aromatic nitrogens is 1. The van der Waals surface area contributed by atoms with Gasteiger partial charge in [0.25, 0.3) is 0 Å². The van der Waals surface area contributed by atoms with Gasteiger partial charge in [-0.25, -0.2) is 4.98 Å². The van der Waals surface area contributed by atoms with E-state index in [4.69, 9.17) is 4.74 Å². The molecule has 6 nitrogen and oxygen atoms in total. The molecule has 0 aliphatic heterocycles. The maximum Gasteiger partial charge on any atom is 0.218 e. The molecule has 26 heavy (non-hydrogen) atoms. The maximum absolute atomic E-state index is 9.67. The van der Waals surface area contributed by atoms with Gasteiger partial charge in [0, 0.05) is 37.8 Å². The van der Waals surface area contributed by atoms with Gasteiger partial charge >= 0.3 is 0 Å². The van der Waals surface area contributed by atoms with Gasteiger partial charge in [0.1, 0.15) is 0 Å². The molecule has 0 fully saturated rings. The largest absolute Gasteiger partial charge is 0.477 e. The summed E-state index contributed by atoms with van der Waals surface area (Å²) < 4.78 is 5.68. The Labute approximate surface area is 155 Å². The van der Waals surface area contributed by atoms with Crippen molar-refractivity contribution in [1.29, 1.82) is 0 Å². The minimum absolute atomic E-state index is 0.0107. The number of guanidine groups is 1. The van der Waals surface area contributed by atoms with Gasteiger partial charge in [-0.2, -0.15) is 0 Å². The molecule has 0 amide bonds. The van der Waals surface area contributed by atoms with Gasteiger partial charge in [0.2, 0.25) is 5.88 Å². The van der Waals surface area contributed by atoms with Crippen molar-refractivity contribution in [1.82, 2.24) is 15.6 Å². The molecule has 1 aromatic heterocycles. The highest BCUT2D eigenvalue weighted by Gasteiger charge is 2.11. The second-order valence-corrected chi connectivity index (χ2v) is 5.91. The average Bonchev–Trinajstić information content (AvgIpc) is 2.70. The van der Waals surface area contributed by atoms with Crippen molar-refractivity contribution in [3.8, 4) is 5.88 Å². The summed E-state index contributed by atoms with van der Waals surface area (Å²) in [5.74, 6) is 1.33. The van der Waals surface area contributed by atoms with Gasteiger partial charge in [-0.1, -0.05) is 43.3 Å². The fourth-order valence-electron chi connectivity index (χ4n) is 2.52. The summed E-state index contributed by atoms with van der Waals surface area (Å²) in [5, 5.41) is 16.2. The van der Waals surface area contributed by atoms with Crippen LogP contribution in [0.25, 0.3) is 0 Å². The highest BCUT2D eigenvalue weighted by molar-refractivity contribution is 5.79. The summed E-state index contributed by atoms with van der Waals surface area (Å²) in [6.45, 7) is 3.93. The highest BCUT2D eigenvalue weighted by Crippen LogP contribution is 2.15. The van der Waals surface area contributed by atoms with E-state index in [0.29, 0.717) is 31.5 Å². The summed E-state index contributed by atoms with van der Waals surface area (Å²) in [7, 11) is 1.73. The molecule has 140 valence electrons. The quantitative estimate of drug-likeness (QED) is 0.475. The van der Waals surface area contributed by atoms with Crippen LogP contribution in [-0.4, -0.2) is 42.9 Å². The van der Waals surface area contributed by atoms with E-state index < -0.39 is 0 Å². The standard InChI is InChI=1S/C20H28N4O2/c1-3-12-26-19-17(10-7-11-22-19)13-23-20(21-2)24-14-18(15-25)16-8-5-4-6-9-16/h4-11,18,25H,3,12-15H2,1-2H3,(H2,21,23,24). The first-order chi connectivity index (χ1) is 12.8. The Kier molecular flexibility index (Phi) is 8.42. The summed E-state index contributed by atoms with van der Waals surface area (Å²) in [4.78, 5) is 8.54. The van der Waals surface area contributed by atoms with Crippen LogP contribution in [0.15, 0.2) is 53.7 Å². The Morgan fingerprint density at radius 1 is 1.19 bits per heavy atom. The van der Waals surface area contributed by atoms with Crippen molar-refractivity contribution < 1.29 is 9.84 Å². The molecule has 0 aliphatic carbocycles. The van der Waals surface area contributed by atoms with Gasteiger partial charge in [-0.3, -0.25) is 4.99 Å². The molecule has 1 unspecified atom stereocenters. The van der Waals surface area contributed by atoms with Crippen LogP contribution >= 0.6 is 0 Å². The number of aliphatic hydroxyl groups excluding tert-OH is 1. The topological polar surface area (TPSA) is 78.8 Å². The summed E-state index contributed by atoms with van der Waals surface area (Å²) in [5.41, 5.74) is 2.08. The predicted molar refractivity (Wildman–Crippen MR) is 104 cm³/mol. The van der Waals surface area contributed by atoms with Gasteiger partial charge in [-0.05, 0) is 18.1 Å². The molecule has 0 saturated carbocycles. The van der Waals surface area contributed by atoms with Crippen LogP contribution in [0, 0.1) is 0 Å². The smallest absolute Gasteiger partial charge is 0.218 e. The fraction of sp³-hybridized carbons (Fsp3) is 0.400. The third-order valence-electron chi connectivity index (χ3n) is 3.97. The van der Waals surface area contributed by atoms with Crippen LogP contribution in [0.5, 0.6) is 5.88 Å². The van der Waals surface area contributed by atoms with E-state index in [0.717, 1.165) is 17.5 Å². The summed E-state index contributed by atoms with van der Waals surface area (Å²) >= 11 is 0. The molecule has 6 heteroatoms. The van der Waals surface area contributed by atoms with E-state index in [2.05, 4.69) is 27.5 Å². The zero-order valence-electron chi connectivity index (χ0n) is 15.5. The molecule has 1 heterocycles. The van der Waals surface area contributed by atoms with Gasteiger partial charge in [0.05, 0.1) is 13.2 Å². The number of nitrogens with zero attached hydrogens (tertiary/aromatic N) is 2. The van der Waals surface area contributed by atoms with Crippen molar-refractivity contribution in [3.63, 3.8) is 0 Å². The molecule has 0 radical (unpaired) electrons. The molecule has 1 atom stereocenters. The van der Waals surface area contributed by atoms with E-state index in [-0.39, 0.29) is 12.5 Å². The molecular weight excluding hydrogens is 328 g/mol. The van der Waals surface area contributed by atoms with E-state index in [1.807, 2.05) is 42.5 Å². The highest BCUT2D eigenvalue weighted by atomic mass is 16.5. The molecule has 3 N–H and O–H groups in total. The molecule has 2 aromatic rings. The second kappa shape index (κ2) is 11.1. The Balaban J connectivity index is 1.90. The molecule has 0 saturated heterocycles. The van der Waals surface area contributed by atoms with Crippen LogP contribution in [0.3, 0.4) is 0 Å². The van der Waals surface area contributed by atoms with Crippen LogP contribution in [-0.2, 0) is 6.54 Å². The number of nitrogens with one attached hydrogen (secondary N) is 2. The number of aliphatic imine (C=N–C) groups is 1. The molecular formula is C20H28N4O2. The van der Waals surface area contributed by atoms with Gasteiger partial charge in [-0.15, -0.1) is 0 Å². The molecule has 2 rings (SSSR count). The van der Waals surface area contributed by atoms with Crippen LogP contribution in [0.2, 0.25) is 0 Å². The van der Waals surface area contributed by atoms with E-state index >= 15 is 0 Å².